The van der Waals surface area contributed by atoms with Gasteiger partial charge < -0.3 is 14.3 Å². The Morgan fingerprint density at radius 2 is 2.25 bits per heavy atom. The maximum Gasteiger partial charge on any atom is 0.260 e. The minimum absolute atomic E-state index is 0.137. The van der Waals surface area contributed by atoms with Crippen molar-refractivity contribution < 1.29 is 14.0 Å². The number of nitrogens with one attached hydrogen (secondary N) is 3. The quantitative estimate of drug-likeness (QED) is 0.482. The number of thiazole rings is 1. The zero-order valence-corrected chi connectivity index (χ0v) is 17.1. The summed E-state index contributed by atoms with van der Waals surface area (Å²) in [4.78, 5) is 28.6. The van der Waals surface area contributed by atoms with Gasteiger partial charge in [-0.3, -0.25) is 20.0 Å². The molecule has 3 N–H and O–H groups in total. The van der Waals surface area contributed by atoms with Crippen molar-refractivity contribution in [2.24, 2.45) is 0 Å². The number of aromatic amines is 1. The highest BCUT2D eigenvalue weighted by molar-refractivity contribution is 7.71. The predicted octanol–water partition coefficient (Wildman–Crippen LogP) is 2.47. The summed E-state index contributed by atoms with van der Waals surface area (Å²) >= 11 is 6.41. The van der Waals surface area contributed by atoms with Crippen LogP contribution in [0.25, 0.3) is 0 Å². The molecule has 148 valence electrons. The molecule has 0 spiro atoms. The first kappa shape index (κ1) is 20.0. The number of hydrogen-bond acceptors (Lipinski definition) is 7. The van der Waals surface area contributed by atoms with E-state index in [1.807, 2.05) is 11.5 Å². The number of anilines is 1. The monoisotopic (exact) mass is 420 g/mol. The summed E-state index contributed by atoms with van der Waals surface area (Å²) in [7, 11) is 0. The third kappa shape index (κ3) is 4.73. The van der Waals surface area contributed by atoms with Crippen LogP contribution < -0.4 is 10.6 Å². The highest BCUT2D eigenvalue weighted by atomic mass is 32.1. The number of carbonyl (C=O) groups excluding carboxylic acids is 2. The molecule has 3 rings (SSSR count). The smallest absolute Gasteiger partial charge is 0.260 e. The first-order valence-electron chi connectivity index (χ1n) is 8.68. The molecule has 0 atom stereocenters. The van der Waals surface area contributed by atoms with Gasteiger partial charge in [0.2, 0.25) is 5.91 Å². The summed E-state index contributed by atoms with van der Waals surface area (Å²) in [6.07, 6.45) is 2.18. The topological polar surface area (TPSA) is 118 Å². The van der Waals surface area contributed by atoms with Gasteiger partial charge in [-0.25, -0.2) is 4.98 Å². The Hall–Kier alpha value is -2.79. The average molecular weight is 421 g/mol. The Balaban J connectivity index is 1.48. The molecule has 0 aromatic carbocycles. The lowest BCUT2D eigenvalue weighted by Gasteiger charge is -2.05. The Morgan fingerprint density at radius 3 is 2.96 bits per heavy atom. The average Bonchev–Trinajstić information content (AvgIpc) is 3.36. The lowest BCUT2D eigenvalue weighted by molar-refractivity contribution is -0.120. The van der Waals surface area contributed by atoms with E-state index in [2.05, 4.69) is 25.8 Å². The molecule has 3 aromatic rings. The summed E-state index contributed by atoms with van der Waals surface area (Å²) in [5.74, 6) is 0.908. The van der Waals surface area contributed by atoms with Gasteiger partial charge in [0.25, 0.3) is 5.91 Å². The molecule has 3 heterocycles. The normalized spacial score (nSPS) is 10.8. The van der Waals surface area contributed by atoms with Crippen molar-refractivity contribution in [2.75, 3.05) is 11.9 Å². The maximum absolute atomic E-state index is 12.2. The second-order valence-electron chi connectivity index (χ2n) is 5.95. The molecule has 11 heteroatoms. The third-order valence-electron chi connectivity index (χ3n) is 4.04. The molecule has 0 saturated heterocycles. The van der Waals surface area contributed by atoms with E-state index < -0.39 is 0 Å². The Labute approximate surface area is 170 Å². The van der Waals surface area contributed by atoms with Gasteiger partial charge in [0.1, 0.15) is 11.6 Å². The van der Waals surface area contributed by atoms with Crippen molar-refractivity contribution in [1.82, 2.24) is 25.1 Å². The Kier molecular flexibility index (Phi) is 6.37. The van der Waals surface area contributed by atoms with Gasteiger partial charge >= 0.3 is 0 Å². The van der Waals surface area contributed by atoms with Crippen LogP contribution in [0.3, 0.4) is 0 Å². The van der Waals surface area contributed by atoms with E-state index in [1.54, 1.807) is 18.4 Å². The van der Waals surface area contributed by atoms with Crippen LogP contribution in [-0.4, -0.2) is 38.1 Å². The Morgan fingerprint density at radius 1 is 1.43 bits per heavy atom. The van der Waals surface area contributed by atoms with Gasteiger partial charge in [0, 0.05) is 24.9 Å². The SMILES string of the molecule is CCn1c(CCNC(=O)Cc2csc(NC(=O)c3ccoc3C)n2)n[nH]c1=S. The van der Waals surface area contributed by atoms with Gasteiger partial charge in [-0.15, -0.1) is 11.3 Å². The van der Waals surface area contributed by atoms with E-state index in [1.165, 1.54) is 17.6 Å². The number of amides is 2. The summed E-state index contributed by atoms with van der Waals surface area (Å²) in [5.41, 5.74) is 1.05. The number of furan rings is 1. The number of aryl methyl sites for hydroxylation is 1. The zero-order chi connectivity index (χ0) is 20.1. The number of aromatic nitrogens is 4. The number of H-pyrrole nitrogens is 1. The summed E-state index contributed by atoms with van der Waals surface area (Å²) in [6, 6.07) is 1.60. The molecule has 28 heavy (non-hydrogen) atoms. The molecule has 3 aromatic heterocycles. The number of rotatable bonds is 8. The van der Waals surface area contributed by atoms with Crippen molar-refractivity contribution in [3.05, 3.63) is 45.3 Å². The number of carbonyl (C=O) groups is 2. The highest BCUT2D eigenvalue weighted by Crippen LogP contribution is 2.18. The van der Waals surface area contributed by atoms with E-state index in [9.17, 15) is 9.59 Å². The fraction of sp³-hybridized carbons (Fsp3) is 0.353. The van der Waals surface area contributed by atoms with E-state index in [4.69, 9.17) is 16.6 Å². The second-order valence-corrected chi connectivity index (χ2v) is 7.20. The van der Waals surface area contributed by atoms with Crippen LogP contribution in [0.15, 0.2) is 22.1 Å². The molecule has 0 aliphatic rings. The molecule has 0 aliphatic carbocycles. The molecule has 0 aliphatic heterocycles. The fourth-order valence-electron chi connectivity index (χ4n) is 2.64. The molecule has 2 amide bonds. The van der Waals surface area contributed by atoms with Gasteiger partial charge in [0.05, 0.1) is 23.9 Å². The van der Waals surface area contributed by atoms with E-state index >= 15 is 0 Å². The molecule has 0 bridgehead atoms. The molecule has 0 fully saturated rings. The second kappa shape index (κ2) is 8.93. The number of nitrogens with zero attached hydrogens (tertiary/aromatic N) is 3. The lowest BCUT2D eigenvalue weighted by Crippen LogP contribution is -2.28. The van der Waals surface area contributed by atoms with Crippen LogP contribution in [-0.2, 0) is 24.2 Å². The van der Waals surface area contributed by atoms with E-state index in [0.29, 0.717) is 39.9 Å². The van der Waals surface area contributed by atoms with E-state index in [-0.39, 0.29) is 18.2 Å². The summed E-state index contributed by atoms with van der Waals surface area (Å²) < 4.78 is 7.58. The van der Waals surface area contributed by atoms with Crippen LogP contribution in [0.1, 0.15) is 34.6 Å². The van der Waals surface area contributed by atoms with Crippen molar-refractivity contribution >= 4 is 40.5 Å². The summed E-state index contributed by atoms with van der Waals surface area (Å²) in [6.45, 7) is 4.88. The molecule has 0 saturated carbocycles. The van der Waals surface area contributed by atoms with Gasteiger partial charge in [-0.2, -0.15) is 5.10 Å². The largest absolute Gasteiger partial charge is 0.469 e. The minimum atomic E-state index is -0.291. The third-order valence-corrected chi connectivity index (χ3v) is 5.16. The lowest BCUT2D eigenvalue weighted by atomic mass is 10.2. The molecule has 0 unspecified atom stereocenters. The fourth-order valence-corrected chi connectivity index (χ4v) is 3.62. The van der Waals surface area contributed by atoms with Crippen LogP contribution >= 0.6 is 23.6 Å². The van der Waals surface area contributed by atoms with Crippen molar-refractivity contribution in [3.63, 3.8) is 0 Å². The van der Waals surface area contributed by atoms with Crippen LogP contribution in [0.5, 0.6) is 0 Å². The van der Waals surface area contributed by atoms with Gasteiger partial charge in [-0.05, 0) is 32.1 Å². The Bertz CT molecular complexity index is 1030. The first-order valence-corrected chi connectivity index (χ1v) is 9.97. The van der Waals surface area contributed by atoms with Crippen molar-refractivity contribution in [1.29, 1.82) is 0 Å². The zero-order valence-electron chi connectivity index (χ0n) is 15.4. The maximum atomic E-state index is 12.2. The predicted molar refractivity (Wildman–Crippen MR) is 107 cm³/mol. The summed E-state index contributed by atoms with van der Waals surface area (Å²) in [5, 5.41) is 14.7. The van der Waals surface area contributed by atoms with Crippen LogP contribution in [0, 0.1) is 11.7 Å². The molecule has 0 radical (unpaired) electrons. The minimum Gasteiger partial charge on any atom is -0.469 e. The van der Waals surface area contributed by atoms with Crippen LogP contribution in [0.4, 0.5) is 5.13 Å². The van der Waals surface area contributed by atoms with Gasteiger partial charge in [-0.1, -0.05) is 0 Å². The van der Waals surface area contributed by atoms with Gasteiger partial charge in [0.15, 0.2) is 9.90 Å². The first-order chi connectivity index (χ1) is 13.5. The molecular formula is C17H20N6O3S2. The molecule has 9 nitrogen and oxygen atoms in total. The van der Waals surface area contributed by atoms with Crippen LogP contribution in [0.2, 0.25) is 0 Å². The highest BCUT2D eigenvalue weighted by Gasteiger charge is 2.14. The van der Waals surface area contributed by atoms with Crippen molar-refractivity contribution in [3.8, 4) is 0 Å². The van der Waals surface area contributed by atoms with E-state index in [0.717, 1.165) is 12.4 Å². The molecular weight excluding hydrogens is 400 g/mol. The standard InChI is InChI=1S/C17H20N6O3S2/c1-3-23-13(21-22-17(23)27)4-6-18-14(24)8-11-9-28-16(19-11)20-15(25)12-5-7-26-10(12)2/h5,7,9H,3-4,6,8H2,1-2H3,(H,18,24)(H,22,27)(H,19,20,25). The number of hydrogen-bond donors (Lipinski definition) is 3. The van der Waals surface area contributed by atoms with Crippen molar-refractivity contribution in [2.45, 2.75) is 33.2 Å².